The van der Waals surface area contributed by atoms with E-state index in [4.69, 9.17) is 9.15 Å². The van der Waals surface area contributed by atoms with Crippen LogP contribution in [-0.2, 0) is 11.3 Å². The van der Waals surface area contributed by atoms with Crippen LogP contribution in [0.4, 0.5) is 0 Å². The van der Waals surface area contributed by atoms with Crippen molar-refractivity contribution in [2.75, 3.05) is 6.61 Å². The van der Waals surface area contributed by atoms with Crippen molar-refractivity contribution in [1.82, 2.24) is 0 Å². The lowest BCUT2D eigenvalue weighted by atomic mass is 10.1. The molecule has 0 spiro atoms. The summed E-state index contributed by atoms with van der Waals surface area (Å²) in [5, 5.41) is 2.39. The van der Waals surface area contributed by atoms with E-state index in [-0.39, 0.29) is 5.97 Å². The second-order valence-corrected chi connectivity index (χ2v) is 6.05. The van der Waals surface area contributed by atoms with Crippen molar-refractivity contribution in [2.24, 2.45) is 0 Å². The van der Waals surface area contributed by atoms with Crippen molar-refractivity contribution in [3.8, 4) is 11.3 Å². The Morgan fingerprint density at radius 2 is 1.91 bits per heavy atom. The van der Waals surface area contributed by atoms with Crippen LogP contribution in [0.2, 0.25) is 0 Å². The quantitative estimate of drug-likeness (QED) is 0.833. The first-order valence-electron chi connectivity index (χ1n) is 8.46. The lowest BCUT2D eigenvalue weighted by molar-refractivity contribution is -0.704. The minimum atomic E-state index is -0.287. The van der Waals surface area contributed by atoms with E-state index in [1.165, 1.54) is 25.7 Å². The number of hydrogen-bond donors (Lipinski definition) is 1. The zero-order valence-corrected chi connectivity index (χ0v) is 13.6. The molecule has 4 heteroatoms. The van der Waals surface area contributed by atoms with Gasteiger partial charge >= 0.3 is 5.97 Å². The largest absolute Gasteiger partial charge is 0.462 e. The van der Waals surface area contributed by atoms with E-state index in [0.717, 1.165) is 29.7 Å². The molecule has 23 heavy (non-hydrogen) atoms. The number of esters is 1. The highest BCUT2D eigenvalue weighted by Gasteiger charge is 2.18. The number of carbonyl (C=O) groups is 1. The molecule has 0 unspecified atom stereocenters. The first-order valence-corrected chi connectivity index (χ1v) is 8.46. The summed E-state index contributed by atoms with van der Waals surface area (Å²) in [5.41, 5.74) is 1.54. The Morgan fingerprint density at radius 3 is 2.61 bits per heavy atom. The Labute approximate surface area is 136 Å². The molecule has 4 nitrogen and oxygen atoms in total. The van der Waals surface area contributed by atoms with Gasteiger partial charge in [-0.25, -0.2) is 4.79 Å². The average Bonchev–Trinajstić information content (AvgIpc) is 3.25. The number of nitrogens with two attached hydrogens (primary N) is 1. The number of quaternary nitrogens is 1. The molecule has 0 bridgehead atoms. The Bertz CT molecular complexity index is 639. The predicted molar refractivity (Wildman–Crippen MR) is 88.0 cm³/mol. The molecule has 0 amide bonds. The molecule has 0 atom stereocenters. The summed E-state index contributed by atoms with van der Waals surface area (Å²) in [4.78, 5) is 11.7. The van der Waals surface area contributed by atoms with Crippen LogP contribution in [0, 0.1) is 0 Å². The Kier molecular flexibility index (Phi) is 5.13. The summed E-state index contributed by atoms with van der Waals surface area (Å²) in [6.45, 7) is 3.09. The minimum Gasteiger partial charge on any atom is -0.462 e. The molecule has 2 N–H and O–H groups in total. The number of rotatable bonds is 6. The zero-order chi connectivity index (χ0) is 16.1. The van der Waals surface area contributed by atoms with Gasteiger partial charge in [0.25, 0.3) is 0 Å². The molecule has 1 aliphatic carbocycles. The van der Waals surface area contributed by atoms with Gasteiger partial charge in [0, 0.05) is 5.56 Å². The fraction of sp³-hybridized carbons (Fsp3) is 0.421. The van der Waals surface area contributed by atoms with Crippen LogP contribution in [0.5, 0.6) is 0 Å². The number of furan rings is 1. The van der Waals surface area contributed by atoms with Crippen molar-refractivity contribution < 1.29 is 19.3 Å². The summed E-state index contributed by atoms with van der Waals surface area (Å²) >= 11 is 0. The minimum absolute atomic E-state index is 0.287. The number of carbonyl (C=O) groups excluding carboxylic acids is 1. The topological polar surface area (TPSA) is 56.0 Å². The van der Waals surface area contributed by atoms with E-state index < -0.39 is 0 Å². The van der Waals surface area contributed by atoms with Gasteiger partial charge in [-0.3, -0.25) is 0 Å². The van der Waals surface area contributed by atoms with Crippen molar-refractivity contribution in [3.63, 3.8) is 0 Å². The molecule has 1 saturated carbocycles. The van der Waals surface area contributed by atoms with E-state index in [1.54, 1.807) is 19.1 Å². The predicted octanol–water partition coefficient (Wildman–Crippen LogP) is 3.13. The monoisotopic (exact) mass is 314 g/mol. The number of hydrogen-bond acceptors (Lipinski definition) is 3. The van der Waals surface area contributed by atoms with Crippen LogP contribution >= 0.6 is 0 Å². The van der Waals surface area contributed by atoms with Gasteiger partial charge in [0.1, 0.15) is 12.3 Å². The third kappa shape index (κ3) is 4.02. The molecule has 0 radical (unpaired) electrons. The summed E-state index contributed by atoms with van der Waals surface area (Å²) < 4.78 is 10.9. The smallest absolute Gasteiger partial charge is 0.338 e. The average molecular weight is 314 g/mol. The summed E-state index contributed by atoms with van der Waals surface area (Å²) in [7, 11) is 0. The van der Waals surface area contributed by atoms with Crippen molar-refractivity contribution in [1.29, 1.82) is 0 Å². The number of ether oxygens (including phenoxy) is 1. The third-order valence-electron chi connectivity index (χ3n) is 4.39. The van der Waals surface area contributed by atoms with Crippen molar-refractivity contribution in [2.45, 2.75) is 45.2 Å². The van der Waals surface area contributed by atoms with Crippen LogP contribution in [0.25, 0.3) is 11.3 Å². The molecular weight excluding hydrogens is 290 g/mol. The van der Waals surface area contributed by atoms with Gasteiger partial charge in [-0.05, 0) is 56.9 Å². The van der Waals surface area contributed by atoms with Gasteiger partial charge < -0.3 is 14.5 Å². The van der Waals surface area contributed by atoms with Gasteiger partial charge in [0.05, 0.1) is 18.2 Å². The van der Waals surface area contributed by atoms with Gasteiger partial charge in [0.2, 0.25) is 0 Å². The van der Waals surface area contributed by atoms with Crippen LogP contribution < -0.4 is 5.32 Å². The number of benzene rings is 1. The van der Waals surface area contributed by atoms with Crippen LogP contribution in [0.3, 0.4) is 0 Å². The standard InChI is InChI=1S/C19H23NO3/c1-2-22-19(21)15-9-7-14(8-10-15)18-12-11-17(23-18)13-20-16-5-3-4-6-16/h7-12,16,20H,2-6,13H2,1H3/p+1. The maximum atomic E-state index is 11.7. The molecule has 0 aliphatic heterocycles. The highest BCUT2D eigenvalue weighted by molar-refractivity contribution is 5.89. The zero-order valence-electron chi connectivity index (χ0n) is 13.6. The van der Waals surface area contributed by atoms with E-state index in [9.17, 15) is 4.79 Å². The second kappa shape index (κ2) is 7.47. The first kappa shape index (κ1) is 15.8. The molecule has 2 aromatic rings. The van der Waals surface area contributed by atoms with Gasteiger partial charge in [0.15, 0.2) is 5.76 Å². The maximum absolute atomic E-state index is 11.7. The van der Waals surface area contributed by atoms with Crippen LogP contribution in [-0.4, -0.2) is 18.6 Å². The van der Waals surface area contributed by atoms with E-state index in [1.807, 2.05) is 24.3 Å². The van der Waals surface area contributed by atoms with Crippen molar-refractivity contribution >= 4 is 5.97 Å². The van der Waals surface area contributed by atoms with Crippen LogP contribution in [0.15, 0.2) is 40.8 Å². The van der Waals surface area contributed by atoms with Crippen molar-refractivity contribution in [3.05, 3.63) is 47.7 Å². The molecule has 122 valence electrons. The highest BCUT2D eigenvalue weighted by Crippen LogP contribution is 2.23. The molecule has 0 saturated heterocycles. The molecule has 1 fully saturated rings. The Hall–Kier alpha value is -2.07. The lowest BCUT2D eigenvalue weighted by Gasteiger charge is -2.06. The van der Waals surface area contributed by atoms with Crippen LogP contribution in [0.1, 0.15) is 48.7 Å². The Balaban J connectivity index is 1.61. The first-order chi connectivity index (χ1) is 11.3. The van der Waals surface area contributed by atoms with E-state index >= 15 is 0 Å². The Morgan fingerprint density at radius 1 is 1.17 bits per heavy atom. The van der Waals surface area contributed by atoms with Gasteiger partial charge in [-0.2, -0.15) is 0 Å². The lowest BCUT2D eigenvalue weighted by Crippen LogP contribution is -2.87. The van der Waals surface area contributed by atoms with Gasteiger partial charge in [-0.15, -0.1) is 0 Å². The highest BCUT2D eigenvalue weighted by atomic mass is 16.5. The molecular formula is C19H24NO3+. The fourth-order valence-corrected chi connectivity index (χ4v) is 3.10. The molecule has 1 aliphatic rings. The second-order valence-electron chi connectivity index (χ2n) is 6.05. The summed E-state index contributed by atoms with van der Waals surface area (Å²) in [6.07, 6.45) is 5.36. The van der Waals surface area contributed by atoms with E-state index in [0.29, 0.717) is 12.2 Å². The molecule has 1 aromatic carbocycles. The SMILES string of the molecule is CCOC(=O)c1ccc(-c2ccc(C[NH2+]C3CCCC3)o2)cc1. The molecule has 1 aromatic heterocycles. The summed E-state index contributed by atoms with van der Waals surface area (Å²) in [6, 6.07) is 12.1. The normalized spacial score (nSPS) is 15.0. The summed E-state index contributed by atoms with van der Waals surface area (Å²) in [5.74, 6) is 1.56. The molecule has 1 heterocycles. The van der Waals surface area contributed by atoms with E-state index in [2.05, 4.69) is 5.32 Å². The molecule has 3 rings (SSSR count). The fourth-order valence-electron chi connectivity index (χ4n) is 3.10. The maximum Gasteiger partial charge on any atom is 0.338 e. The van der Waals surface area contributed by atoms with Gasteiger partial charge in [-0.1, -0.05) is 12.1 Å². The third-order valence-corrected chi connectivity index (χ3v) is 4.39.